The van der Waals surface area contributed by atoms with Gasteiger partial charge in [-0.15, -0.1) is 0 Å². The molecule has 0 radical (unpaired) electrons. The van der Waals surface area contributed by atoms with Gasteiger partial charge in [0.1, 0.15) is 17.9 Å². The van der Waals surface area contributed by atoms with E-state index in [1.165, 1.54) is 0 Å². The highest BCUT2D eigenvalue weighted by Gasteiger charge is 2.35. The molecule has 0 bridgehead atoms. The SMILES string of the molecule is Cc1cc(COC(=O)N[C@@](C)(Cc2ccc(O)cc2)C(=O)NCCC(C)C)cc(C)n1. The fourth-order valence-corrected chi connectivity index (χ4v) is 3.29. The molecule has 0 unspecified atom stereocenters. The summed E-state index contributed by atoms with van der Waals surface area (Å²) in [4.78, 5) is 29.9. The van der Waals surface area contributed by atoms with Crippen LogP contribution in [-0.2, 0) is 22.6 Å². The Hall–Kier alpha value is -3.09. The first-order chi connectivity index (χ1) is 14.6. The molecule has 1 aromatic carbocycles. The minimum Gasteiger partial charge on any atom is -0.508 e. The van der Waals surface area contributed by atoms with Gasteiger partial charge >= 0.3 is 6.09 Å². The average molecular weight is 428 g/mol. The number of phenols is 1. The van der Waals surface area contributed by atoms with Gasteiger partial charge in [0.05, 0.1) is 0 Å². The monoisotopic (exact) mass is 427 g/mol. The number of nitrogens with one attached hydrogen (secondary N) is 2. The summed E-state index contributed by atoms with van der Waals surface area (Å²) >= 11 is 0. The van der Waals surface area contributed by atoms with Gasteiger partial charge in [-0.25, -0.2) is 4.79 Å². The second-order valence-electron chi connectivity index (χ2n) is 8.57. The van der Waals surface area contributed by atoms with Crippen molar-refractivity contribution in [3.05, 3.63) is 58.9 Å². The number of pyridine rings is 1. The molecule has 1 aromatic heterocycles. The van der Waals surface area contributed by atoms with E-state index in [4.69, 9.17) is 4.74 Å². The van der Waals surface area contributed by atoms with Crippen LogP contribution < -0.4 is 10.6 Å². The number of carbonyl (C=O) groups excluding carboxylic acids is 2. The number of rotatable bonds is 9. The molecule has 2 aromatic rings. The molecule has 168 valence electrons. The normalized spacial score (nSPS) is 12.8. The molecule has 7 nitrogen and oxygen atoms in total. The highest BCUT2D eigenvalue weighted by atomic mass is 16.5. The Morgan fingerprint density at radius 2 is 1.71 bits per heavy atom. The Labute approximate surface area is 184 Å². The quantitative estimate of drug-likeness (QED) is 0.565. The predicted octanol–water partition coefficient (Wildman–Crippen LogP) is 3.79. The topological polar surface area (TPSA) is 101 Å². The molecule has 7 heteroatoms. The van der Waals surface area contributed by atoms with Gasteiger partial charge in [0.2, 0.25) is 5.91 Å². The summed E-state index contributed by atoms with van der Waals surface area (Å²) in [6.07, 6.45) is 0.419. The van der Waals surface area contributed by atoms with Crippen LogP contribution in [0.5, 0.6) is 5.75 Å². The fraction of sp³-hybridized carbons (Fsp3) is 0.458. The number of nitrogens with zero attached hydrogens (tertiary/aromatic N) is 1. The van der Waals surface area contributed by atoms with Crippen molar-refractivity contribution in [2.24, 2.45) is 5.92 Å². The molecular formula is C24H33N3O4. The van der Waals surface area contributed by atoms with Crippen LogP contribution in [-0.4, -0.2) is 34.2 Å². The van der Waals surface area contributed by atoms with Gasteiger partial charge in [-0.3, -0.25) is 9.78 Å². The average Bonchev–Trinajstić information content (AvgIpc) is 2.67. The van der Waals surface area contributed by atoms with Crippen molar-refractivity contribution in [1.82, 2.24) is 15.6 Å². The molecule has 31 heavy (non-hydrogen) atoms. The van der Waals surface area contributed by atoms with E-state index < -0.39 is 11.6 Å². The molecule has 0 spiro atoms. The molecule has 0 aliphatic heterocycles. The Bertz CT molecular complexity index is 876. The van der Waals surface area contributed by atoms with Crippen molar-refractivity contribution in [3.63, 3.8) is 0 Å². The number of aromatic nitrogens is 1. The lowest BCUT2D eigenvalue weighted by Crippen LogP contribution is -2.58. The van der Waals surface area contributed by atoms with E-state index in [9.17, 15) is 14.7 Å². The molecule has 0 aliphatic rings. The molecule has 1 heterocycles. The Kier molecular flexibility index (Phi) is 8.42. The zero-order valence-electron chi connectivity index (χ0n) is 19.0. The molecule has 0 aliphatic carbocycles. The summed E-state index contributed by atoms with van der Waals surface area (Å²) < 4.78 is 5.39. The number of benzene rings is 1. The largest absolute Gasteiger partial charge is 0.508 e. The molecule has 1 atom stereocenters. The van der Waals surface area contributed by atoms with E-state index in [2.05, 4.69) is 29.5 Å². The summed E-state index contributed by atoms with van der Waals surface area (Å²) in [5, 5.41) is 15.2. The Balaban J connectivity index is 2.09. The van der Waals surface area contributed by atoms with Crippen molar-refractivity contribution < 1.29 is 19.4 Å². The van der Waals surface area contributed by atoms with Crippen LogP contribution in [0.3, 0.4) is 0 Å². The molecule has 2 rings (SSSR count). The van der Waals surface area contributed by atoms with Crippen LogP contribution in [0.2, 0.25) is 0 Å². The number of ether oxygens (including phenoxy) is 1. The van der Waals surface area contributed by atoms with Gasteiger partial charge in [0.15, 0.2) is 0 Å². The van der Waals surface area contributed by atoms with Crippen LogP contribution in [0.25, 0.3) is 0 Å². The van der Waals surface area contributed by atoms with Gasteiger partial charge in [-0.2, -0.15) is 0 Å². The zero-order valence-corrected chi connectivity index (χ0v) is 19.0. The number of carbonyl (C=O) groups is 2. The highest BCUT2D eigenvalue weighted by molar-refractivity contribution is 5.89. The number of phenolic OH excluding ortho intramolecular Hbond substituents is 1. The molecule has 0 saturated carbocycles. The fourth-order valence-electron chi connectivity index (χ4n) is 3.29. The number of hydrogen-bond acceptors (Lipinski definition) is 5. The lowest BCUT2D eigenvalue weighted by atomic mass is 9.91. The van der Waals surface area contributed by atoms with Gasteiger partial charge < -0.3 is 20.5 Å². The van der Waals surface area contributed by atoms with Crippen molar-refractivity contribution in [1.29, 1.82) is 0 Å². The smallest absolute Gasteiger partial charge is 0.408 e. The number of amides is 2. The first-order valence-electron chi connectivity index (χ1n) is 10.5. The third kappa shape index (κ3) is 7.92. The van der Waals surface area contributed by atoms with Crippen LogP contribution in [0.15, 0.2) is 36.4 Å². The standard InChI is InChI=1S/C24H33N3O4/c1-16(2)10-11-25-22(29)24(5,14-19-6-8-21(28)9-7-19)27-23(30)31-15-20-12-17(3)26-18(4)13-20/h6-9,12-13,16,28H,10-11,14-15H2,1-5H3,(H,25,29)(H,27,30)/t24-/m0/s1. The first kappa shape index (κ1) is 24.2. The minimum absolute atomic E-state index is 0.0836. The second kappa shape index (κ2) is 10.8. The van der Waals surface area contributed by atoms with Crippen LogP contribution in [0.4, 0.5) is 4.79 Å². The van der Waals surface area contributed by atoms with Crippen molar-refractivity contribution in [3.8, 4) is 5.75 Å². The predicted molar refractivity (Wildman–Crippen MR) is 120 cm³/mol. The number of aromatic hydroxyl groups is 1. The Morgan fingerprint density at radius 1 is 1.10 bits per heavy atom. The van der Waals surface area contributed by atoms with Crippen LogP contribution in [0.1, 0.15) is 49.7 Å². The van der Waals surface area contributed by atoms with Crippen molar-refractivity contribution >= 4 is 12.0 Å². The summed E-state index contributed by atoms with van der Waals surface area (Å²) in [5.41, 5.74) is 2.12. The molecule has 2 amide bonds. The van der Waals surface area contributed by atoms with Crippen LogP contribution in [0, 0.1) is 19.8 Å². The lowest BCUT2D eigenvalue weighted by molar-refractivity contribution is -0.126. The molecule has 3 N–H and O–H groups in total. The van der Waals surface area contributed by atoms with Crippen LogP contribution >= 0.6 is 0 Å². The van der Waals surface area contributed by atoms with E-state index in [1.807, 2.05) is 26.0 Å². The summed E-state index contributed by atoms with van der Waals surface area (Å²) in [6.45, 7) is 10.2. The van der Waals surface area contributed by atoms with Gasteiger partial charge in [-0.1, -0.05) is 26.0 Å². The second-order valence-corrected chi connectivity index (χ2v) is 8.57. The maximum Gasteiger partial charge on any atom is 0.408 e. The number of aryl methyl sites for hydroxylation is 2. The van der Waals surface area contributed by atoms with E-state index in [1.54, 1.807) is 31.2 Å². The maximum atomic E-state index is 13.0. The van der Waals surface area contributed by atoms with E-state index in [0.29, 0.717) is 12.5 Å². The van der Waals surface area contributed by atoms with Gasteiger partial charge in [0, 0.05) is 24.4 Å². The molecular weight excluding hydrogens is 394 g/mol. The van der Waals surface area contributed by atoms with Crippen molar-refractivity contribution in [2.45, 2.75) is 59.6 Å². The van der Waals surface area contributed by atoms with Gasteiger partial charge in [-0.05, 0) is 68.5 Å². The Morgan fingerprint density at radius 3 is 2.29 bits per heavy atom. The van der Waals surface area contributed by atoms with E-state index in [0.717, 1.165) is 28.9 Å². The molecule has 0 saturated heterocycles. The highest BCUT2D eigenvalue weighted by Crippen LogP contribution is 2.18. The van der Waals surface area contributed by atoms with Gasteiger partial charge in [0.25, 0.3) is 0 Å². The van der Waals surface area contributed by atoms with Crippen molar-refractivity contribution in [2.75, 3.05) is 6.54 Å². The first-order valence-corrected chi connectivity index (χ1v) is 10.5. The summed E-state index contributed by atoms with van der Waals surface area (Å²) in [5.74, 6) is 0.310. The van der Waals surface area contributed by atoms with E-state index in [-0.39, 0.29) is 24.7 Å². The molecule has 0 fully saturated rings. The lowest BCUT2D eigenvalue weighted by Gasteiger charge is -2.29. The summed E-state index contributed by atoms with van der Waals surface area (Å²) in [6, 6.07) is 10.3. The summed E-state index contributed by atoms with van der Waals surface area (Å²) in [7, 11) is 0. The number of alkyl carbamates (subject to hydrolysis) is 1. The van der Waals surface area contributed by atoms with E-state index >= 15 is 0 Å². The minimum atomic E-state index is -1.21. The third-order valence-corrected chi connectivity index (χ3v) is 4.89. The maximum absolute atomic E-state index is 13.0. The zero-order chi connectivity index (χ0) is 23.0. The number of hydrogen-bond donors (Lipinski definition) is 3. The third-order valence-electron chi connectivity index (χ3n) is 4.89.